The van der Waals surface area contributed by atoms with E-state index in [-0.39, 0.29) is 18.4 Å². The summed E-state index contributed by atoms with van der Waals surface area (Å²) in [6, 6.07) is 13.5. The summed E-state index contributed by atoms with van der Waals surface area (Å²) in [5.41, 5.74) is 2.05. The second kappa shape index (κ2) is 7.70. The number of rotatable bonds is 6. The van der Waals surface area contributed by atoms with Crippen molar-refractivity contribution in [1.29, 1.82) is 0 Å². The molecule has 2 heterocycles. The molecular weight excluding hydrogens is 322 g/mol. The lowest BCUT2D eigenvalue weighted by Gasteiger charge is -2.08. The van der Waals surface area contributed by atoms with Crippen LogP contribution in [-0.2, 0) is 11.2 Å². The largest absolute Gasteiger partial charge is 0.354 e. The van der Waals surface area contributed by atoms with Crippen molar-refractivity contribution in [1.82, 2.24) is 15.6 Å². The van der Waals surface area contributed by atoms with Gasteiger partial charge in [-0.25, -0.2) is 0 Å². The molecule has 2 amide bonds. The monoisotopic (exact) mass is 339 g/mol. The van der Waals surface area contributed by atoms with Gasteiger partial charge in [0.15, 0.2) is 0 Å². The van der Waals surface area contributed by atoms with Crippen LogP contribution in [0.1, 0.15) is 15.2 Å². The number of nitrogens with one attached hydrogen (secondary N) is 2. The third kappa shape index (κ3) is 3.97. The molecule has 3 aromatic rings. The normalized spacial score (nSPS) is 10.5. The summed E-state index contributed by atoms with van der Waals surface area (Å²) in [5.74, 6) is -0.425. The lowest BCUT2D eigenvalue weighted by Crippen LogP contribution is -2.37. The number of para-hydroxylation sites is 1. The molecule has 0 saturated heterocycles. The maximum Gasteiger partial charge on any atom is 0.261 e. The van der Waals surface area contributed by atoms with E-state index in [1.54, 1.807) is 18.3 Å². The highest BCUT2D eigenvalue weighted by Gasteiger charge is 2.08. The summed E-state index contributed by atoms with van der Waals surface area (Å²) in [5, 5.41) is 8.34. The van der Waals surface area contributed by atoms with E-state index >= 15 is 0 Å². The number of hydrogen-bond acceptors (Lipinski definition) is 4. The molecule has 6 heteroatoms. The third-order valence-electron chi connectivity index (χ3n) is 3.59. The number of nitrogens with zero attached hydrogens (tertiary/aromatic N) is 1. The van der Waals surface area contributed by atoms with Crippen molar-refractivity contribution in [3.8, 4) is 0 Å². The molecule has 122 valence electrons. The van der Waals surface area contributed by atoms with Crippen LogP contribution in [0.5, 0.6) is 0 Å². The van der Waals surface area contributed by atoms with E-state index in [0.717, 1.165) is 16.5 Å². The summed E-state index contributed by atoms with van der Waals surface area (Å²) < 4.78 is 0. The number of aromatic nitrogens is 1. The van der Waals surface area contributed by atoms with Crippen molar-refractivity contribution in [2.75, 3.05) is 13.1 Å². The quantitative estimate of drug-likeness (QED) is 0.724. The Morgan fingerprint density at radius 3 is 2.75 bits per heavy atom. The molecule has 0 radical (unpaired) electrons. The molecule has 0 fully saturated rings. The molecule has 0 unspecified atom stereocenters. The number of carbonyl (C=O) groups is 2. The minimum atomic E-state index is -0.224. The summed E-state index contributed by atoms with van der Waals surface area (Å²) >= 11 is 1.35. The number of fused-ring (bicyclic) bond motifs is 1. The van der Waals surface area contributed by atoms with E-state index in [9.17, 15) is 9.59 Å². The molecule has 0 bridgehead atoms. The average molecular weight is 339 g/mol. The molecule has 0 spiro atoms. The highest BCUT2D eigenvalue weighted by atomic mass is 32.1. The van der Waals surface area contributed by atoms with Crippen LogP contribution in [-0.4, -0.2) is 29.9 Å². The maximum atomic E-state index is 11.8. The molecule has 0 aliphatic rings. The van der Waals surface area contributed by atoms with Crippen LogP contribution in [0.3, 0.4) is 0 Å². The van der Waals surface area contributed by atoms with Crippen LogP contribution >= 0.6 is 11.3 Å². The zero-order valence-electron chi connectivity index (χ0n) is 13.0. The molecule has 0 aliphatic carbocycles. The molecule has 0 aliphatic heterocycles. The SMILES string of the molecule is O=C(CNC(=O)c1cccs1)NCCc1cccc2cccnc12. The van der Waals surface area contributed by atoms with Crippen LogP contribution in [0.15, 0.2) is 54.0 Å². The highest BCUT2D eigenvalue weighted by Crippen LogP contribution is 2.15. The average Bonchev–Trinajstić information content (AvgIpc) is 3.14. The number of pyridine rings is 1. The number of hydrogen-bond donors (Lipinski definition) is 2. The highest BCUT2D eigenvalue weighted by molar-refractivity contribution is 7.12. The first kappa shape index (κ1) is 16.1. The fourth-order valence-corrected chi connectivity index (χ4v) is 3.06. The number of amides is 2. The Balaban J connectivity index is 1.47. The van der Waals surface area contributed by atoms with Crippen molar-refractivity contribution >= 4 is 34.1 Å². The lowest BCUT2D eigenvalue weighted by molar-refractivity contribution is -0.120. The van der Waals surface area contributed by atoms with Crippen molar-refractivity contribution < 1.29 is 9.59 Å². The first-order valence-corrected chi connectivity index (χ1v) is 8.53. The molecule has 3 rings (SSSR count). The third-order valence-corrected chi connectivity index (χ3v) is 4.46. The van der Waals surface area contributed by atoms with E-state index in [1.807, 2.05) is 35.7 Å². The van der Waals surface area contributed by atoms with Gasteiger partial charge in [0.1, 0.15) is 0 Å². The van der Waals surface area contributed by atoms with Crippen molar-refractivity contribution in [2.45, 2.75) is 6.42 Å². The molecule has 0 atom stereocenters. The van der Waals surface area contributed by atoms with Crippen molar-refractivity contribution in [3.05, 3.63) is 64.5 Å². The topological polar surface area (TPSA) is 71.1 Å². The molecular formula is C18H17N3O2S. The van der Waals surface area contributed by atoms with Crippen LogP contribution in [0.2, 0.25) is 0 Å². The Morgan fingerprint density at radius 1 is 1.04 bits per heavy atom. The van der Waals surface area contributed by atoms with E-state index in [4.69, 9.17) is 0 Å². The van der Waals surface area contributed by atoms with Crippen LogP contribution in [0.25, 0.3) is 10.9 Å². The van der Waals surface area contributed by atoms with Crippen LogP contribution < -0.4 is 10.6 Å². The van der Waals surface area contributed by atoms with Gasteiger partial charge in [-0.3, -0.25) is 14.6 Å². The molecule has 0 saturated carbocycles. The molecule has 2 aromatic heterocycles. The molecule has 2 N–H and O–H groups in total. The van der Waals surface area contributed by atoms with Gasteiger partial charge < -0.3 is 10.6 Å². The number of benzene rings is 1. The van der Waals surface area contributed by atoms with Gasteiger partial charge in [0.2, 0.25) is 5.91 Å². The van der Waals surface area contributed by atoms with E-state index < -0.39 is 0 Å². The fraction of sp³-hybridized carbons (Fsp3) is 0.167. The van der Waals surface area contributed by atoms with Gasteiger partial charge in [0.05, 0.1) is 16.9 Å². The Kier molecular flexibility index (Phi) is 5.18. The Bertz CT molecular complexity index is 841. The Labute approximate surface area is 143 Å². The van der Waals surface area contributed by atoms with Gasteiger partial charge in [-0.15, -0.1) is 11.3 Å². The minimum absolute atomic E-state index is 0.0233. The lowest BCUT2D eigenvalue weighted by atomic mass is 10.1. The molecule has 5 nitrogen and oxygen atoms in total. The van der Waals surface area contributed by atoms with E-state index in [0.29, 0.717) is 17.8 Å². The second-order valence-electron chi connectivity index (χ2n) is 5.25. The standard InChI is InChI=1S/C18H17N3O2S/c22-16(12-21-18(23)15-7-3-11-24-15)19-10-8-14-5-1-4-13-6-2-9-20-17(13)14/h1-7,9,11H,8,10,12H2,(H,19,22)(H,21,23). The van der Waals surface area contributed by atoms with Crippen LogP contribution in [0.4, 0.5) is 0 Å². The van der Waals surface area contributed by atoms with Gasteiger partial charge in [0, 0.05) is 18.1 Å². The van der Waals surface area contributed by atoms with Gasteiger partial charge in [-0.1, -0.05) is 30.3 Å². The fourth-order valence-electron chi connectivity index (χ4n) is 2.42. The zero-order valence-corrected chi connectivity index (χ0v) is 13.8. The predicted molar refractivity (Wildman–Crippen MR) is 95.1 cm³/mol. The summed E-state index contributed by atoms with van der Waals surface area (Å²) in [6.45, 7) is 0.480. The number of carbonyl (C=O) groups excluding carboxylic acids is 2. The van der Waals surface area contributed by atoms with Crippen molar-refractivity contribution in [3.63, 3.8) is 0 Å². The van der Waals surface area contributed by atoms with Gasteiger partial charge in [-0.2, -0.15) is 0 Å². The van der Waals surface area contributed by atoms with Crippen LogP contribution in [0, 0.1) is 0 Å². The summed E-state index contributed by atoms with van der Waals surface area (Å²) in [7, 11) is 0. The first-order valence-electron chi connectivity index (χ1n) is 7.65. The van der Waals surface area contributed by atoms with Gasteiger partial charge in [0.25, 0.3) is 5.91 Å². The molecule has 1 aromatic carbocycles. The van der Waals surface area contributed by atoms with E-state index in [2.05, 4.69) is 15.6 Å². The Hall–Kier alpha value is -2.73. The first-order chi connectivity index (χ1) is 11.7. The minimum Gasteiger partial charge on any atom is -0.354 e. The smallest absolute Gasteiger partial charge is 0.261 e. The van der Waals surface area contributed by atoms with Gasteiger partial charge >= 0.3 is 0 Å². The maximum absolute atomic E-state index is 11.8. The van der Waals surface area contributed by atoms with Gasteiger partial charge in [-0.05, 0) is 29.5 Å². The Morgan fingerprint density at radius 2 is 1.92 bits per heavy atom. The second-order valence-corrected chi connectivity index (χ2v) is 6.20. The zero-order chi connectivity index (χ0) is 16.8. The predicted octanol–water partition coefficient (Wildman–Crippen LogP) is 2.39. The summed E-state index contributed by atoms with van der Waals surface area (Å²) in [6.07, 6.45) is 2.46. The summed E-state index contributed by atoms with van der Waals surface area (Å²) in [4.78, 5) is 28.6. The molecule has 24 heavy (non-hydrogen) atoms. The number of thiophene rings is 1. The van der Waals surface area contributed by atoms with Crippen molar-refractivity contribution in [2.24, 2.45) is 0 Å². The van der Waals surface area contributed by atoms with E-state index in [1.165, 1.54) is 11.3 Å².